The van der Waals surface area contributed by atoms with Crippen molar-refractivity contribution in [2.45, 2.75) is 51.1 Å². The first-order chi connectivity index (χ1) is 19.8. The molecule has 3 aliphatic rings. The van der Waals surface area contributed by atoms with Crippen molar-refractivity contribution >= 4 is 43.7 Å². The molecule has 0 atom stereocenters. The second-order valence-corrected chi connectivity index (χ2v) is 13.9. The zero-order chi connectivity index (χ0) is 28.6. The Morgan fingerprint density at radius 2 is 1.85 bits per heavy atom. The number of hydrogen-bond acceptors (Lipinski definition) is 8. The third-order valence-electron chi connectivity index (χ3n) is 8.89. The first-order valence-corrected chi connectivity index (χ1v) is 16.6. The van der Waals surface area contributed by atoms with Crippen LogP contribution in [0.25, 0.3) is 10.8 Å². The van der Waals surface area contributed by atoms with Gasteiger partial charge in [-0.25, -0.2) is 8.42 Å². The zero-order valence-electron chi connectivity index (χ0n) is 23.9. The molecule has 0 aliphatic carbocycles. The molecule has 0 unspecified atom stereocenters. The Hall–Kier alpha value is -2.88. The van der Waals surface area contributed by atoms with Gasteiger partial charge in [0.15, 0.2) is 9.84 Å². The minimum Gasteiger partial charge on any atom is -0.461 e. The molecule has 2 saturated heterocycles. The largest absolute Gasteiger partial charge is 0.461 e. The molecule has 4 heterocycles. The summed E-state index contributed by atoms with van der Waals surface area (Å²) in [4.78, 5) is 16.7. The van der Waals surface area contributed by atoms with E-state index in [1.807, 2.05) is 24.1 Å². The van der Waals surface area contributed by atoms with Gasteiger partial charge in [0.2, 0.25) is 0 Å². The molecule has 3 aromatic rings. The number of sulfone groups is 1. The molecule has 0 spiro atoms. The standard InChI is InChI=1S/C31H38ClN5O3S/c1-3-19-41(38,39)20-18-35(2)29-24-12-17-36(27-11-5-9-23-8-4-10-25(32)28(23)27)21-26(24)33-30(34-29)40-22-31-13-6-15-37(31)16-7-14-31/h3-5,8-11,19H,6-7,12-18,20-22H2,1-2H3/b19-3+. The maximum atomic E-state index is 12.4. The Balaban J connectivity index is 1.32. The SMILES string of the molecule is C/C=C/S(=O)(=O)CCN(C)c1nc(OCC23CCCN2CCC3)nc2c1CCN(c1cccc3cccc(Cl)c13)C2. The van der Waals surface area contributed by atoms with Gasteiger partial charge in [-0.2, -0.15) is 9.97 Å². The number of halogens is 1. The molecule has 0 bridgehead atoms. The number of hydrogen-bond donors (Lipinski definition) is 0. The van der Waals surface area contributed by atoms with Gasteiger partial charge in [0, 0.05) is 42.2 Å². The second-order valence-electron chi connectivity index (χ2n) is 11.5. The van der Waals surface area contributed by atoms with Crippen molar-refractivity contribution in [3.63, 3.8) is 0 Å². The van der Waals surface area contributed by atoms with Crippen LogP contribution in [0.2, 0.25) is 5.02 Å². The average Bonchev–Trinajstić information content (AvgIpc) is 3.55. The molecular weight excluding hydrogens is 558 g/mol. The smallest absolute Gasteiger partial charge is 0.318 e. The maximum absolute atomic E-state index is 12.4. The van der Waals surface area contributed by atoms with Gasteiger partial charge in [-0.3, -0.25) is 4.90 Å². The predicted molar refractivity (Wildman–Crippen MR) is 166 cm³/mol. The van der Waals surface area contributed by atoms with Gasteiger partial charge in [0.05, 0.1) is 28.6 Å². The molecule has 218 valence electrons. The Morgan fingerprint density at radius 1 is 1.10 bits per heavy atom. The Bertz CT molecular complexity index is 1560. The van der Waals surface area contributed by atoms with E-state index in [1.54, 1.807) is 13.0 Å². The van der Waals surface area contributed by atoms with E-state index in [9.17, 15) is 8.42 Å². The van der Waals surface area contributed by atoms with Crippen LogP contribution < -0.4 is 14.5 Å². The lowest BCUT2D eigenvalue weighted by molar-refractivity contribution is 0.107. The van der Waals surface area contributed by atoms with Crippen LogP contribution >= 0.6 is 11.6 Å². The summed E-state index contributed by atoms with van der Waals surface area (Å²) < 4.78 is 31.2. The van der Waals surface area contributed by atoms with Crippen molar-refractivity contribution in [1.29, 1.82) is 0 Å². The molecule has 0 amide bonds. The van der Waals surface area contributed by atoms with Crippen molar-refractivity contribution < 1.29 is 13.2 Å². The molecule has 1 aromatic heterocycles. The van der Waals surface area contributed by atoms with Gasteiger partial charge in [-0.1, -0.05) is 41.9 Å². The molecule has 2 fully saturated rings. The minimum absolute atomic E-state index is 0.0154. The molecule has 3 aliphatic heterocycles. The summed E-state index contributed by atoms with van der Waals surface area (Å²) in [5.41, 5.74) is 3.12. The van der Waals surface area contributed by atoms with Gasteiger partial charge < -0.3 is 14.5 Å². The lowest BCUT2D eigenvalue weighted by Gasteiger charge is -2.34. The number of ether oxygens (including phenoxy) is 1. The van der Waals surface area contributed by atoms with E-state index in [0.29, 0.717) is 25.7 Å². The van der Waals surface area contributed by atoms with Crippen molar-refractivity contribution in [3.8, 4) is 6.01 Å². The first-order valence-electron chi connectivity index (χ1n) is 14.5. The van der Waals surface area contributed by atoms with Crippen LogP contribution in [0.3, 0.4) is 0 Å². The van der Waals surface area contributed by atoms with E-state index in [4.69, 9.17) is 26.3 Å². The Labute approximate surface area is 247 Å². The average molecular weight is 596 g/mol. The summed E-state index contributed by atoms with van der Waals surface area (Å²) in [5.74, 6) is 0.769. The highest BCUT2D eigenvalue weighted by molar-refractivity contribution is 7.94. The summed E-state index contributed by atoms with van der Waals surface area (Å²) in [6, 6.07) is 12.6. The summed E-state index contributed by atoms with van der Waals surface area (Å²) in [6.07, 6.45) is 6.98. The maximum Gasteiger partial charge on any atom is 0.318 e. The lowest BCUT2D eigenvalue weighted by atomic mass is 9.95. The number of nitrogens with zero attached hydrogens (tertiary/aromatic N) is 5. The molecule has 0 radical (unpaired) electrons. The first kappa shape index (κ1) is 28.2. The topological polar surface area (TPSA) is 78.9 Å². The van der Waals surface area contributed by atoms with E-state index in [2.05, 4.69) is 34.1 Å². The molecule has 8 nitrogen and oxygen atoms in total. The number of fused-ring (bicyclic) bond motifs is 3. The third-order valence-corrected chi connectivity index (χ3v) is 10.6. The molecule has 2 aromatic carbocycles. The summed E-state index contributed by atoms with van der Waals surface area (Å²) in [5, 5.41) is 4.15. The molecule has 41 heavy (non-hydrogen) atoms. The van der Waals surface area contributed by atoms with Crippen molar-refractivity contribution in [3.05, 3.63) is 64.2 Å². The van der Waals surface area contributed by atoms with Gasteiger partial charge in [-0.05, 0) is 69.6 Å². The van der Waals surface area contributed by atoms with Crippen molar-refractivity contribution in [2.75, 3.05) is 55.4 Å². The fraction of sp³-hybridized carbons (Fsp3) is 0.484. The number of aromatic nitrogens is 2. The highest BCUT2D eigenvalue weighted by atomic mass is 35.5. The van der Waals surface area contributed by atoms with E-state index in [1.165, 1.54) is 18.2 Å². The highest BCUT2D eigenvalue weighted by Crippen LogP contribution is 2.40. The number of allylic oxidation sites excluding steroid dienone is 1. The van der Waals surface area contributed by atoms with Gasteiger partial charge in [0.25, 0.3) is 0 Å². The van der Waals surface area contributed by atoms with Crippen LogP contribution in [-0.2, 0) is 22.8 Å². The predicted octanol–water partition coefficient (Wildman–Crippen LogP) is 5.24. The number of rotatable bonds is 9. The third kappa shape index (κ3) is 5.64. The Morgan fingerprint density at radius 3 is 2.61 bits per heavy atom. The van der Waals surface area contributed by atoms with Crippen LogP contribution in [-0.4, -0.2) is 74.4 Å². The second kappa shape index (κ2) is 11.4. The summed E-state index contributed by atoms with van der Waals surface area (Å²) in [6.45, 7) is 6.25. The fourth-order valence-corrected chi connectivity index (χ4v) is 8.18. The van der Waals surface area contributed by atoms with Crippen LogP contribution in [0.1, 0.15) is 43.9 Å². The van der Waals surface area contributed by atoms with E-state index < -0.39 is 9.84 Å². The number of benzene rings is 2. The van der Waals surface area contributed by atoms with Gasteiger partial charge >= 0.3 is 6.01 Å². The number of anilines is 2. The highest BCUT2D eigenvalue weighted by Gasteiger charge is 2.45. The zero-order valence-corrected chi connectivity index (χ0v) is 25.4. The molecule has 6 rings (SSSR count). The van der Waals surface area contributed by atoms with E-state index in [0.717, 1.165) is 77.5 Å². The molecular formula is C31H38ClN5O3S. The van der Waals surface area contributed by atoms with Gasteiger partial charge in [-0.15, -0.1) is 0 Å². The Kier molecular flexibility index (Phi) is 7.87. The monoisotopic (exact) mass is 595 g/mol. The fourth-order valence-electron chi connectivity index (χ4n) is 6.82. The van der Waals surface area contributed by atoms with E-state index >= 15 is 0 Å². The molecule has 0 N–H and O–H groups in total. The van der Waals surface area contributed by atoms with E-state index in [-0.39, 0.29) is 11.3 Å². The van der Waals surface area contributed by atoms with Crippen LogP contribution in [0.5, 0.6) is 6.01 Å². The van der Waals surface area contributed by atoms with Crippen molar-refractivity contribution in [1.82, 2.24) is 14.9 Å². The van der Waals surface area contributed by atoms with Crippen LogP contribution in [0.4, 0.5) is 11.5 Å². The normalized spacial score (nSPS) is 18.7. The molecule has 0 saturated carbocycles. The summed E-state index contributed by atoms with van der Waals surface area (Å²) >= 11 is 6.68. The minimum atomic E-state index is -3.29. The quantitative estimate of drug-likeness (QED) is 0.332. The summed E-state index contributed by atoms with van der Waals surface area (Å²) in [7, 11) is -1.39. The van der Waals surface area contributed by atoms with Crippen LogP contribution in [0.15, 0.2) is 47.9 Å². The molecule has 10 heteroatoms. The van der Waals surface area contributed by atoms with Gasteiger partial charge in [0.1, 0.15) is 12.4 Å². The lowest BCUT2D eigenvalue weighted by Crippen LogP contribution is -2.43. The van der Waals surface area contributed by atoms with Crippen molar-refractivity contribution in [2.24, 2.45) is 0 Å². The van der Waals surface area contributed by atoms with Crippen LogP contribution in [0, 0.1) is 0 Å².